The lowest BCUT2D eigenvalue weighted by Gasteiger charge is -2.39. The predicted octanol–water partition coefficient (Wildman–Crippen LogP) is -0.238. The van der Waals surface area contributed by atoms with Crippen molar-refractivity contribution in [2.45, 2.75) is 74.8 Å². The minimum absolute atomic E-state index is 0.0957. The van der Waals surface area contributed by atoms with Gasteiger partial charge in [-0.3, -0.25) is 8.76 Å². The predicted molar refractivity (Wildman–Crippen MR) is 113 cm³/mol. The molecule has 0 aromatic carbocycles. The van der Waals surface area contributed by atoms with Gasteiger partial charge in [-0.1, -0.05) is 42.6 Å². The zero-order valence-electron chi connectivity index (χ0n) is 16.7. The Morgan fingerprint density at radius 1 is 1.07 bits per heavy atom. The third-order valence-corrected chi connectivity index (χ3v) is 6.71. The van der Waals surface area contributed by atoms with Gasteiger partial charge >= 0.3 is 10.4 Å². The Labute approximate surface area is 183 Å². The average Bonchev–Trinajstić information content (AvgIpc) is 2.67. The first-order valence-corrected chi connectivity index (χ1v) is 13.5. The number of ether oxygens (including phenoxy) is 1. The Balaban J connectivity index is 2.58. The molecular weight excluding hydrogens is 462 g/mol. The first kappa shape index (κ1) is 27.7. The highest BCUT2D eigenvalue weighted by atomic mass is 32.3. The minimum atomic E-state index is -4.82. The maximum absolute atomic E-state index is 11.0. The molecule has 14 heteroatoms. The van der Waals surface area contributed by atoms with Crippen LogP contribution in [0.3, 0.4) is 0 Å². The molecule has 1 fully saturated rings. The molecule has 0 spiro atoms. The number of nitrogens with zero attached hydrogens (tertiary/aromatic N) is 1. The standard InChI is InChI=1S/C16H31NO10S3/c1-29(22)9-7-5-3-2-4-6-8-12(17-27-30(23,24)25)28-16-15(21)14(20)13(19)11(10-18)26-16/h11,13-16,18-21H,2-10H2,1H3,(H,23,24,25)/b17-12+/t11-,13-,14-,15-,16+,29?/m1/s1. The van der Waals surface area contributed by atoms with Gasteiger partial charge < -0.3 is 25.2 Å². The summed E-state index contributed by atoms with van der Waals surface area (Å²) in [4.78, 5) is 0. The number of aliphatic hydroxyl groups excluding tert-OH is 4. The molecule has 0 amide bonds. The van der Waals surface area contributed by atoms with Crippen molar-refractivity contribution in [1.82, 2.24) is 0 Å². The Hall–Kier alpha value is -0.320. The molecule has 1 rings (SSSR count). The van der Waals surface area contributed by atoms with E-state index in [9.17, 15) is 33.1 Å². The van der Waals surface area contributed by atoms with E-state index in [2.05, 4.69) is 9.44 Å². The fraction of sp³-hybridized carbons (Fsp3) is 0.938. The molecule has 1 aliphatic rings. The molecule has 0 bridgehead atoms. The van der Waals surface area contributed by atoms with E-state index in [-0.39, 0.29) is 11.5 Å². The Kier molecular flexibility index (Phi) is 12.9. The van der Waals surface area contributed by atoms with Crippen molar-refractivity contribution >= 4 is 38.0 Å². The zero-order chi connectivity index (χ0) is 22.7. The van der Waals surface area contributed by atoms with Gasteiger partial charge in [-0.2, -0.15) is 8.42 Å². The lowest BCUT2D eigenvalue weighted by atomic mass is 10.0. The first-order valence-electron chi connectivity index (χ1n) is 9.55. The summed E-state index contributed by atoms with van der Waals surface area (Å²) in [6.45, 7) is -0.596. The number of hydrogen-bond acceptors (Lipinski definition) is 11. The van der Waals surface area contributed by atoms with E-state index in [1.54, 1.807) is 6.26 Å². The van der Waals surface area contributed by atoms with Crippen molar-refractivity contribution in [3.8, 4) is 0 Å². The second-order valence-corrected chi connectivity index (χ2v) is 10.7. The molecule has 1 heterocycles. The maximum atomic E-state index is 11.0. The third-order valence-electron chi connectivity index (χ3n) is 4.41. The quantitative estimate of drug-likeness (QED) is 0.0750. The van der Waals surface area contributed by atoms with Crippen molar-refractivity contribution in [1.29, 1.82) is 0 Å². The molecule has 6 atom stereocenters. The van der Waals surface area contributed by atoms with Crippen LogP contribution in [0.5, 0.6) is 0 Å². The van der Waals surface area contributed by atoms with Crippen molar-refractivity contribution in [3.05, 3.63) is 0 Å². The van der Waals surface area contributed by atoms with Crippen molar-refractivity contribution < 1.29 is 46.6 Å². The topological polar surface area (TPSA) is 183 Å². The van der Waals surface area contributed by atoms with Crippen LogP contribution in [0.1, 0.15) is 44.9 Å². The lowest BCUT2D eigenvalue weighted by molar-refractivity contribution is -0.205. The van der Waals surface area contributed by atoms with Crippen molar-refractivity contribution in [2.24, 2.45) is 5.16 Å². The summed E-state index contributed by atoms with van der Waals surface area (Å²) in [5.74, 6) is 0.680. The minimum Gasteiger partial charge on any atom is -0.394 e. The first-order chi connectivity index (χ1) is 14.0. The van der Waals surface area contributed by atoms with E-state index in [0.717, 1.165) is 43.9 Å². The van der Waals surface area contributed by atoms with Crippen molar-refractivity contribution in [3.63, 3.8) is 0 Å². The van der Waals surface area contributed by atoms with E-state index in [1.807, 2.05) is 0 Å². The van der Waals surface area contributed by atoms with Gasteiger partial charge in [0.15, 0.2) is 0 Å². The molecule has 178 valence electrons. The highest BCUT2D eigenvalue weighted by Crippen LogP contribution is 2.30. The SMILES string of the molecule is CS(=O)CCCCCCCC/C(=N\OS(=O)(=O)O)S[C@@H]1O[C@H](CO)[C@@H](O)[C@@H](O)[C@H]1O. The molecule has 1 unspecified atom stereocenters. The fourth-order valence-electron chi connectivity index (χ4n) is 2.80. The molecule has 0 radical (unpaired) electrons. The van der Waals surface area contributed by atoms with Crippen LogP contribution >= 0.6 is 11.8 Å². The number of aliphatic hydroxyl groups is 4. The van der Waals surface area contributed by atoms with E-state index < -0.39 is 57.7 Å². The van der Waals surface area contributed by atoms with Crippen molar-refractivity contribution in [2.75, 3.05) is 18.6 Å². The summed E-state index contributed by atoms with van der Waals surface area (Å²) in [5, 5.41) is 42.5. The summed E-state index contributed by atoms with van der Waals surface area (Å²) in [6.07, 6.45) is 1.35. The van der Waals surface area contributed by atoms with Gasteiger partial charge in [-0.05, 0) is 19.3 Å². The van der Waals surface area contributed by atoms with Crippen LogP contribution in [-0.2, 0) is 30.2 Å². The zero-order valence-corrected chi connectivity index (χ0v) is 19.1. The third kappa shape index (κ3) is 10.8. The number of unbranched alkanes of at least 4 members (excludes halogenated alkanes) is 5. The van der Waals surface area contributed by atoms with Crippen LogP contribution in [0.25, 0.3) is 0 Å². The molecule has 0 aromatic rings. The maximum Gasteiger partial charge on any atom is 0.466 e. The molecule has 1 saturated heterocycles. The second kappa shape index (κ2) is 14.0. The Morgan fingerprint density at radius 3 is 2.23 bits per heavy atom. The second-order valence-electron chi connectivity index (χ2n) is 6.95. The smallest absolute Gasteiger partial charge is 0.394 e. The average molecular weight is 494 g/mol. The van der Waals surface area contributed by atoms with Crippen LogP contribution in [0.4, 0.5) is 0 Å². The van der Waals surface area contributed by atoms with E-state index in [1.165, 1.54) is 0 Å². The summed E-state index contributed by atoms with van der Waals surface area (Å²) in [7, 11) is -5.61. The van der Waals surface area contributed by atoms with E-state index in [4.69, 9.17) is 9.29 Å². The van der Waals surface area contributed by atoms with E-state index >= 15 is 0 Å². The van der Waals surface area contributed by atoms with Gasteiger partial charge in [-0.25, -0.2) is 4.28 Å². The van der Waals surface area contributed by atoms with Gasteiger partial charge in [-0.15, -0.1) is 0 Å². The summed E-state index contributed by atoms with van der Waals surface area (Å²) >= 11 is 0.776. The number of thioether (sulfide) groups is 1. The van der Waals surface area contributed by atoms with Crippen LogP contribution in [-0.4, -0.2) is 91.1 Å². The van der Waals surface area contributed by atoms with Gasteiger partial charge in [0, 0.05) is 22.8 Å². The summed E-state index contributed by atoms with van der Waals surface area (Å²) in [6, 6.07) is 0. The van der Waals surface area contributed by atoms with Crippen LogP contribution in [0, 0.1) is 0 Å². The van der Waals surface area contributed by atoms with E-state index in [0.29, 0.717) is 12.2 Å². The molecule has 11 nitrogen and oxygen atoms in total. The number of oxime groups is 1. The molecular formula is C16H31NO10S3. The molecule has 0 aromatic heterocycles. The van der Waals surface area contributed by atoms with Gasteiger partial charge in [0.2, 0.25) is 0 Å². The normalized spacial score (nSPS) is 29.0. The Bertz CT molecular complexity index is 658. The molecule has 0 aliphatic carbocycles. The Morgan fingerprint density at radius 2 is 1.67 bits per heavy atom. The summed E-state index contributed by atoms with van der Waals surface area (Å²) in [5.41, 5.74) is -1.14. The number of rotatable bonds is 13. The van der Waals surface area contributed by atoms with Crippen LogP contribution < -0.4 is 0 Å². The summed E-state index contributed by atoms with van der Waals surface area (Å²) < 4.78 is 50.8. The number of hydrogen-bond donors (Lipinski definition) is 5. The van der Waals surface area contributed by atoms with Crippen LogP contribution in [0.15, 0.2) is 5.16 Å². The molecule has 30 heavy (non-hydrogen) atoms. The van der Waals surface area contributed by atoms with Gasteiger partial charge in [0.25, 0.3) is 0 Å². The molecule has 5 N–H and O–H groups in total. The highest BCUT2D eigenvalue weighted by Gasteiger charge is 2.44. The van der Waals surface area contributed by atoms with Gasteiger partial charge in [0.05, 0.1) is 6.61 Å². The molecule has 1 aliphatic heterocycles. The van der Waals surface area contributed by atoms with Gasteiger partial charge in [0.1, 0.15) is 34.9 Å². The lowest BCUT2D eigenvalue weighted by Crippen LogP contribution is -2.57. The largest absolute Gasteiger partial charge is 0.466 e. The van der Waals surface area contributed by atoms with Crippen LogP contribution in [0.2, 0.25) is 0 Å². The monoisotopic (exact) mass is 493 g/mol. The highest BCUT2D eigenvalue weighted by molar-refractivity contribution is 8.14. The molecule has 0 saturated carbocycles. The fourth-order valence-corrected chi connectivity index (χ4v) is 4.75.